The maximum absolute atomic E-state index is 12.6. The zero-order chi connectivity index (χ0) is 19.6. The van der Waals surface area contributed by atoms with Crippen molar-refractivity contribution in [2.24, 2.45) is 0 Å². The Balaban J connectivity index is 3.52. The first-order valence-electron chi connectivity index (χ1n) is 6.38. The zero-order valence-electron chi connectivity index (χ0n) is 12.4. The van der Waals surface area contributed by atoms with Gasteiger partial charge in [-0.15, -0.1) is 0 Å². The summed E-state index contributed by atoms with van der Waals surface area (Å²) in [4.78, 5) is 21.4. The highest BCUT2D eigenvalue weighted by molar-refractivity contribution is 5.95. The number of alkyl halides is 6. The first kappa shape index (κ1) is 20.3. The van der Waals surface area contributed by atoms with E-state index in [-0.39, 0.29) is 28.8 Å². The molecular weight excluding hydrogens is 358 g/mol. The van der Waals surface area contributed by atoms with Gasteiger partial charge < -0.3 is 10.2 Å². The molecule has 0 amide bonds. The van der Waals surface area contributed by atoms with Crippen molar-refractivity contribution in [2.45, 2.75) is 19.3 Å². The van der Waals surface area contributed by atoms with Gasteiger partial charge in [0.05, 0.1) is 0 Å². The molecule has 1 aromatic carbocycles. The van der Waals surface area contributed by atoms with E-state index in [2.05, 4.69) is 0 Å². The number of hydrogen-bond donors (Lipinski definition) is 2. The normalized spacial score (nSPS) is 13.7. The lowest BCUT2D eigenvalue weighted by molar-refractivity contribution is -0.146. The van der Waals surface area contributed by atoms with Crippen molar-refractivity contribution in [3.63, 3.8) is 0 Å². The van der Waals surface area contributed by atoms with E-state index in [0.717, 1.165) is 18.2 Å². The molecule has 0 fully saturated rings. The van der Waals surface area contributed by atoms with Crippen LogP contribution in [0.2, 0.25) is 0 Å². The Kier molecular flexibility index (Phi) is 5.67. The Hall–Kier alpha value is -2.78. The van der Waals surface area contributed by atoms with Gasteiger partial charge in [-0.2, -0.15) is 26.3 Å². The third-order valence-electron chi connectivity index (χ3n) is 2.82. The highest BCUT2D eigenvalue weighted by Gasteiger charge is 2.39. The Morgan fingerprint density at radius 3 is 1.36 bits per heavy atom. The van der Waals surface area contributed by atoms with E-state index in [4.69, 9.17) is 10.2 Å². The van der Waals surface area contributed by atoms with Crippen LogP contribution < -0.4 is 0 Å². The largest absolute Gasteiger partial charge is 0.478 e. The Bertz CT molecular complexity index is 696. The lowest BCUT2D eigenvalue weighted by atomic mass is 10.0. The molecule has 2 N–H and O–H groups in total. The predicted octanol–water partition coefficient (Wildman–Crippen LogP) is 4.06. The molecule has 1 rings (SSSR count). The van der Waals surface area contributed by atoms with E-state index in [1.165, 1.54) is 6.92 Å². The Morgan fingerprint density at radius 1 is 0.800 bits per heavy atom. The van der Waals surface area contributed by atoms with Crippen LogP contribution >= 0.6 is 0 Å². The second-order valence-electron chi connectivity index (χ2n) is 4.90. The third-order valence-corrected chi connectivity index (χ3v) is 2.82. The van der Waals surface area contributed by atoms with Gasteiger partial charge in [0.2, 0.25) is 0 Å². The monoisotopic (exact) mass is 368 g/mol. The molecule has 0 radical (unpaired) electrons. The first-order chi connectivity index (χ1) is 11.2. The Labute approximate surface area is 136 Å². The van der Waals surface area contributed by atoms with E-state index < -0.39 is 35.4 Å². The van der Waals surface area contributed by atoms with Gasteiger partial charge in [0.1, 0.15) is 11.1 Å². The van der Waals surface area contributed by atoms with Gasteiger partial charge in [-0.1, -0.05) is 12.1 Å². The lowest BCUT2D eigenvalue weighted by Crippen LogP contribution is -2.19. The summed E-state index contributed by atoms with van der Waals surface area (Å²) in [5.41, 5.74) is -4.30. The van der Waals surface area contributed by atoms with Crippen molar-refractivity contribution in [3.05, 3.63) is 46.0 Å². The summed E-state index contributed by atoms with van der Waals surface area (Å²) in [6.45, 7) is 1.34. The van der Waals surface area contributed by atoms with E-state index in [1.807, 2.05) is 0 Å². The molecule has 0 saturated carbocycles. The molecule has 25 heavy (non-hydrogen) atoms. The van der Waals surface area contributed by atoms with Crippen molar-refractivity contribution in [1.29, 1.82) is 0 Å². The molecule has 0 aliphatic rings. The number of rotatable bonds is 4. The summed E-state index contributed by atoms with van der Waals surface area (Å²) < 4.78 is 75.9. The standard InChI is InChI=1S/C15H10F6O4/c1-7-2-8(5-10(12(22)23)14(16,17)18)4-9(3-7)6-11(13(24)25)15(19,20)21/h2-6H,1H3,(H,22,23)(H,24,25)/b10-5-,11-6-. The van der Waals surface area contributed by atoms with Gasteiger partial charge in [-0.3, -0.25) is 0 Å². The van der Waals surface area contributed by atoms with Gasteiger partial charge in [0, 0.05) is 0 Å². The number of carbonyl (C=O) groups is 2. The average Bonchev–Trinajstić information content (AvgIpc) is 2.38. The minimum atomic E-state index is -5.18. The molecule has 136 valence electrons. The van der Waals surface area contributed by atoms with Crippen molar-refractivity contribution < 1.29 is 46.1 Å². The van der Waals surface area contributed by atoms with Gasteiger partial charge in [-0.25, -0.2) is 9.59 Å². The van der Waals surface area contributed by atoms with E-state index in [9.17, 15) is 35.9 Å². The van der Waals surface area contributed by atoms with E-state index in [0.29, 0.717) is 0 Å². The van der Waals surface area contributed by atoms with Crippen LogP contribution in [0.3, 0.4) is 0 Å². The number of halogens is 6. The molecule has 1 aromatic rings. The molecule has 0 saturated heterocycles. The number of carboxylic acids is 2. The van der Waals surface area contributed by atoms with E-state index >= 15 is 0 Å². The highest BCUT2D eigenvalue weighted by Crippen LogP contribution is 2.30. The molecule has 4 nitrogen and oxygen atoms in total. The number of aliphatic carboxylic acids is 2. The van der Waals surface area contributed by atoms with Crippen molar-refractivity contribution in [2.75, 3.05) is 0 Å². The fraction of sp³-hybridized carbons (Fsp3) is 0.200. The number of benzene rings is 1. The molecular formula is C15H10F6O4. The highest BCUT2D eigenvalue weighted by atomic mass is 19.4. The Morgan fingerprint density at radius 2 is 1.12 bits per heavy atom. The molecule has 0 unspecified atom stereocenters. The minimum Gasteiger partial charge on any atom is -0.478 e. The fourth-order valence-electron chi connectivity index (χ4n) is 1.87. The smallest absolute Gasteiger partial charge is 0.423 e. The van der Waals surface area contributed by atoms with Crippen molar-refractivity contribution >= 4 is 24.1 Å². The van der Waals surface area contributed by atoms with Crippen LogP contribution in [0.25, 0.3) is 12.2 Å². The minimum absolute atomic E-state index is 0.207. The van der Waals surface area contributed by atoms with Gasteiger partial charge >= 0.3 is 24.3 Å². The molecule has 0 spiro atoms. The van der Waals surface area contributed by atoms with Gasteiger partial charge in [-0.05, 0) is 41.8 Å². The molecule has 0 bridgehead atoms. The molecule has 0 aromatic heterocycles. The zero-order valence-corrected chi connectivity index (χ0v) is 12.4. The molecule has 0 heterocycles. The fourth-order valence-corrected chi connectivity index (χ4v) is 1.87. The summed E-state index contributed by atoms with van der Waals surface area (Å²) in [6.07, 6.45) is -9.85. The maximum Gasteiger partial charge on any atom is 0.423 e. The van der Waals surface area contributed by atoms with Crippen LogP contribution in [0.15, 0.2) is 29.3 Å². The van der Waals surface area contributed by atoms with Crippen LogP contribution in [-0.2, 0) is 9.59 Å². The second kappa shape index (κ2) is 6.99. The van der Waals surface area contributed by atoms with Gasteiger partial charge in [0.25, 0.3) is 0 Å². The summed E-state index contributed by atoms with van der Waals surface area (Å²) in [5, 5.41) is 17.2. The van der Waals surface area contributed by atoms with Crippen LogP contribution in [0.5, 0.6) is 0 Å². The summed E-state index contributed by atoms with van der Waals surface area (Å²) in [7, 11) is 0. The molecule has 0 aliphatic heterocycles. The second-order valence-corrected chi connectivity index (χ2v) is 4.90. The first-order valence-corrected chi connectivity index (χ1v) is 6.38. The third kappa shape index (κ3) is 5.66. The van der Waals surface area contributed by atoms with Crippen LogP contribution in [0, 0.1) is 6.92 Å². The van der Waals surface area contributed by atoms with Crippen LogP contribution in [0.4, 0.5) is 26.3 Å². The number of carboxylic acid groups (broad SMARTS) is 2. The number of hydrogen-bond acceptors (Lipinski definition) is 2. The summed E-state index contributed by atoms with van der Waals surface area (Å²) in [5.74, 6) is -4.51. The predicted molar refractivity (Wildman–Crippen MR) is 74.5 cm³/mol. The van der Waals surface area contributed by atoms with Crippen molar-refractivity contribution in [3.8, 4) is 0 Å². The number of aryl methyl sites for hydroxylation is 1. The van der Waals surface area contributed by atoms with Crippen molar-refractivity contribution in [1.82, 2.24) is 0 Å². The average molecular weight is 368 g/mol. The SMILES string of the molecule is Cc1cc(/C=C(/C(=O)O)C(F)(F)F)cc(/C=C(/C(=O)O)C(F)(F)F)c1. The quantitative estimate of drug-likeness (QED) is 0.621. The lowest BCUT2D eigenvalue weighted by Gasteiger charge is -2.09. The van der Waals surface area contributed by atoms with Gasteiger partial charge in [0.15, 0.2) is 0 Å². The molecule has 0 atom stereocenters. The van der Waals surface area contributed by atoms with Crippen LogP contribution in [-0.4, -0.2) is 34.5 Å². The summed E-state index contributed by atoms with van der Waals surface area (Å²) in [6, 6.07) is 3.04. The molecule has 0 aliphatic carbocycles. The maximum atomic E-state index is 12.6. The van der Waals surface area contributed by atoms with E-state index in [1.54, 1.807) is 0 Å². The topological polar surface area (TPSA) is 74.6 Å². The van der Waals surface area contributed by atoms with Crippen LogP contribution in [0.1, 0.15) is 16.7 Å². The summed E-state index contributed by atoms with van der Waals surface area (Å²) >= 11 is 0. The molecule has 10 heteroatoms.